The molecule has 1 aromatic carbocycles. The first-order valence-corrected chi connectivity index (χ1v) is 8.63. The van der Waals surface area contributed by atoms with E-state index in [1.54, 1.807) is 4.90 Å². The zero-order chi connectivity index (χ0) is 18.1. The number of nitrogens with one attached hydrogen (secondary N) is 1. The van der Waals surface area contributed by atoms with Gasteiger partial charge in [0.25, 0.3) is 0 Å². The Labute approximate surface area is 145 Å². The Kier molecular flexibility index (Phi) is 5.06. The van der Waals surface area contributed by atoms with Crippen LogP contribution in [0.25, 0.3) is 0 Å². The molecule has 25 heavy (non-hydrogen) atoms. The lowest BCUT2D eigenvalue weighted by molar-refractivity contribution is -0.141. The van der Waals surface area contributed by atoms with Gasteiger partial charge in [-0.05, 0) is 49.4 Å². The molecule has 138 valence electrons. The summed E-state index contributed by atoms with van der Waals surface area (Å²) in [7, 11) is 0. The van der Waals surface area contributed by atoms with Crippen LogP contribution in [0.1, 0.15) is 42.9 Å². The Hall–Kier alpha value is -1.60. The Bertz CT molecular complexity index is 627. The van der Waals surface area contributed by atoms with Crippen LogP contribution in [0.5, 0.6) is 0 Å². The van der Waals surface area contributed by atoms with Crippen LogP contribution in [0.2, 0.25) is 0 Å². The van der Waals surface area contributed by atoms with Crippen molar-refractivity contribution in [3.05, 3.63) is 35.4 Å². The van der Waals surface area contributed by atoms with Gasteiger partial charge in [0.05, 0.1) is 18.2 Å². The number of rotatable bonds is 3. The van der Waals surface area contributed by atoms with Crippen molar-refractivity contribution < 1.29 is 23.1 Å². The molecule has 1 spiro atoms. The molecule has 2 heterocycles. The number of carbonyl (C=O) groups excluding carboxylic acids is 1. The fraction of sp³-hybridized carbons (Fsp3) is 0.611. The Morgan fingerprint density at radius 3 is 2.56 bits per heavy atom. The minimum Gasteiger partial charge on any atom is -0.387 e. The largest absolute Gasteiger partial charge is 0.416 e. The lowest BCUT2D eigenvalue weighted by Gasteiger charge is -2.45. The molecular formula is C18H23F3N2O2. The van der Waals surface area contributed by atoms with Crippen molar-refractivity contribution in [3.8, 4) is 0 Å². The molecule has 1 unspecified atom stereocenters. The quantitative estimate of drug-likeness (QED) is 0.876. The molecule has 0 bridgehead atoms. The van der Waals surface area contributed by atoms with Gasteiger partial charge in [0.15, 0.2) is 0 Å². The van der Waals surface area contributed by atoms with Crippen LogP contribution in [0, 0.1) is 5.41 Å². The second-order valence-electron chi connectivity index (χ2n) is 7.13. The van der Waals surface area contributed by atoms with Crippen molar-refractivity contribution in [2.24, 2.45) is 5.41 Å². The van der Waals surface area contributed by atoms with Gasteiger partial charge in [-0.3, -0.25) is 4.79 Å². The molecule has 0 aliphatic carbocycles. The molecule has 1 aromatic rings. The van der Waals surface area contributed by atoms with E-state index in [9.17, 15) is 23.1 Å². The van der Waals surface area contributed by atoms with Gasteiger partial charge >= 0.3 is 6.18 Å². The summed E-state index contributed by atoms with van der Waals surface area (Å²) in [5.41, 5.74) is -0.987. The van der Waals surface area contributed by atoms with Gasteiger partial charge in [-0.15, -0.1) is 0 Å². The van der Waals surface area contributed by atoms with Crippen LogP contribution in [-0.4, -0.2) is 42.1 Å². The van der Waals surface area contributed by atoms with Crippen molar-refractivity contribution in [3.63, 3.8) is 0 Å². The molecular weight excluding hydrogens is 333 g/mol. The first-order chi connectivity index (χ1) is 11.8. The normalized spacial score (nSPS) is 22.2. The van der Waals surface area contributed by atoms with Crippen LogP contribution in [-0.2, 0) is 11.0 Å². The van der Waals surface area contributed by atoms with E-state index in [1.165, 1.54) is 18.2 Å². The van der Waals surface area contributed by atoms with E-state index in [1.807, 2.05) is 0 Å². The average molecular weight is 356 g/mol. The lowest BCUT2D eigenvalue weighted by Crippen LogP contribution is -2.51. The summed E-state index contributed by atoms with van der Waals surface area (Å²) in [5.74, 6) is -0.0901. The van der Waals surface area contributed by atoms with Gasteiger partial charge in [0, 0.05) is 13.0 Å². The van der Waals surface area contributed by atoms with E-state index in [-0.39, 0.29) is 23.4 Å². The Morgan fingerprint density at radius 2 is 1.88 bits per heavy atom. The number of benzene rings is 1. The molecule has 2 fully saturated rings. The van der Waals surface area contributed by atoms with E-state index < -0.39 is 17.8 Å². The monoisotopic (exact) mass is 356 g/mol. The summed E-state index contributed by atoms with van der Waals surface area (Å²) >= 11 is 0. The number of halogens is 3. The molecule has 1 amide bonds. The minimum absolute atomic E-state index is 0.0302. The molecule has 3 rings (SSSR count). The third kappa shape index (κ3) is 3.98. The van der Waals surface area contributed by atoms with E-state index in [4.69, 9.17) is 0 Å². The van der Waals surface area contributed by atoms with Gasteiger partial charge in [0.1, 0.15) is 0 Å². The number of hydrogen-bond donors (Lipinski definition) is 2. The van der Waals surface area contributed by atoms with Crippen molar-refractivity contribution >= 4 is 5.91 Å². The van der Waals surface area contributed by atoms with Gasteiger partial charge < -0.3 is 15.3 Å². The summed E-state index contributed by atoms with van der Waals surface area (Å²) in [4.78, 5) is 13.8. The second kappa shape index (κ2) is 6.96. The maximum absolute atomic E-state index is 13.2. The standard InChI is InChI=1S/C18H23F3N2O2/c19-18(20,21)14-4-2-1-3-13(14)15(24)11-23-12-17(6-5-16(23)25)7-9-22-10-8-17/h1-4,15,22,24H,5-12H2. The fourth-order valence-corrected chi connectivity index (χ4v) is 3.99. The zero-order valence-electron chi connectivity index (χ0n) is 14.0. The van der Waals surface area contributed by atoms with Crippen molar-refractivity contribution in [1.29, 1.82) is 0 Å². The third-order valence-corrected chi connectivity index (χ3v) is 5.43. The molecule has 0 aromatic heterocycles. The van der Waals surface area contributed by atoms with Crippen molar-refractivity contribution in [1.82, 2.24) is 10.2 Å². The predicted molar refractivity (Wildman–Crippen MR) is 86.8 cm³/mol. The number of hydrogen-bond acceptors (Lipinski definition) is 3. The number of aliphatic hydroxyl groups is 1. The van der Waals surface area contributed by atoms with E-state index >= 15 is 0 Å². The number of alkyl halides is 3. The number of piperidine rings is 2. The minimum atomic E-state index is -4.53. The summed E-state index contributed by atoms with van der Waals surface area (Å²) in [6.07, 6.45) is -2.76. The number of likely N-dealkylation sites (tertiary alicyclic amines) is 1. The van der Waals surface area contributed by atoms with E-state index in [2.05, 4.69) is 5.32 Å². The average Bonchev–Trinajstić information content (AvgIpc) is 2.58. The highest BCUT2D eigenvalue weighted by molar-refractivity contribution is 5.77. The van der Waals surface area contributed by atoms with Gasteiger partial charge in [-0.2, -0.15) is 13.2 Å². The van der Waals surface area contributed by atoms with E-state index in [0.717, 1.165) is 38.4 Å². The van der Waals surface area contributed by atoms with Crippen LogP contribution in [0.4, 0.5) is 13.2 Å². The van der Waals surface area contributed by atoms with Crippen LogP contribution in [0.15, 0.2) is 24.3 Å². The summed E-state index contributed by atoms with van der Waals surface area (Å²) in [6.45, 7) is 2.20. The molecule has 4 nitrogen and oxygen atoms in total. The summed E-state index contributed by atoms with van der Waals surface area (Å²) in [6, 6.07) is 5.02. The first kappa shape index (κ1) is 18.2. The highest BCUT2D eigenvalue weighted by Crippen LogP contribution is 2.40. The smallest absolute Gasteiger partial charge is 0.387 e. The molecule has 2 aliphatic rings. The fourth-order valence-electron chi connectivity index (χ4n) is 3.99. The Morgan fingerprint density at radius 1 is 1.20 bits per heavy atom. The second-order valence-corrected chi connectivity index (χ2v) is 7.13. The van der Waals surface area contributed by atoms with Crippen LogP contribution in [0.3, 0.4) is 0 Å². The highest BCUT2D eigenvalue weighted by atomic mass is 19.4. The maximum atomic E-state index is 13.2. The van der Waals surface area contributed by atoms with Crippen LogP contribution < -0.4 is 5.32 Å². The molecule has 1 atom stereocenters. The topological polar surface area (TPSA) is 52.6 Å². The van der Waals surface area contributed by atoms with Crippen molar-refractivity contribution in [2.45, 2.75) is 38.0 Å². The number of amides is 1. The maximum Gasteiger partial charge on any atom is 0.416 e. The molecule has 7 heteroatoms. The van der Waals surface area contributed by atoms with Gasteiger partial charge in [0.2, 0.25) is 5.91 Å². The number of carbonyl (C=O) groups is 1. The number of β-amino-alcohol motifs (C(OH)–C–C–N with tert-alkyl or cyclic N) is 1. The van der Waals surface area contributed by atoms with E-state index in [0.29, 0.717) is 13.0 Å². The summed E-state index contributed by atoms with van der Waals surface area (Å²) < 4.78 is 39.5. The first-order valence-electron chi connectivity index (χ1n) is 8.63. The Balaban J connectivity index is 1.76. The lowest BCUT2D eigenvalue weighted by atomic mass is 9.72. The van der Waals surface area contributed by atoms with Gasteiger partial charge in [-0.25, -0.2) is 0 Å². The predicted octanol–water partition coefficient (Wildman–Crippen LogP) is 2.73. The summed E-state index contributed by atoms with van der Waals surface area (Å²) in [5, 5.41) is 13.7. The number of nitrogens with zero attached hydrogens (tertiary/aromatic N) is 1. The van der Waals surface area contributed by atoms with Gasteiger partial charge in [-0.1, -0.05) is 18.2 Å². The van der Waals surface area contributed by atoms with Crippen molar-refractivity contribution in [2.75, 3.05) is 26.2 Å². The highest BCUT2D eigenvalue weighted by Gasteiger charge is 2.41. The molecule has 0 saturated carbocycles. The molecule has 2 saturated heterocycles. The molecule has 2 N–H and O–H groups in total. The molecule has 2 aliphatic heterocycles. The third-order valence-electron chi connectivity index (χ3n) is 5.43. The molecule has 0 radical (unpaired) electrons. The SMILES string of the molecule is O=C1CCC2(CCNCC2)CN1CC(O)c1ccccc1C(F)(F)F. The number of aliphatic hydroxyl groups excluding tert-OH is 1. The zero-order valence-corrected chi connectivity index (χ0v) is 14.0. The van der Waals surface area contributed by atoms with Crippen LogP contribution >= 0.6 is 0 Å².